The molecule has 24 heavy (non-hydrogen) atoms. The van der Waals surface area contributed by atoms with Crippen LogP contribution in [0.15, 0.2) is 41.3 Å². The maximum Gasteiger partial charge on any atom is 0.295 e. The minimum atomic E-state index is -0.166. The zero-order chi connectivity index (χ0) is 16.3. The number of hydrogen-bond acceptors (Lipinski definition) is 4. The summed E-state index contributed by atoms with van der Waals surface area (Å²) in [7, 11) is 0. The van der Waals surface area contributed by atoms with Crippen molar-refractivity contribution >= 4 is 22.5 Å². The largest absolute Gasteiger partial charge is 0.381 e. The molecule has 1 saturated carbocycles. The van der Waals surface area contributed by atoms with E-state index in [0.717, 1.165) is 5.56 Å². The lowest BCUT2D eigenvalue weighted by Crippen LogP contribution is -2.24. The lowest BCUT2D eigenvalue weighted by atomic mass is 10.2. The van der Waals surface area contributed by atoms with Gasteiger partial charge >= 0.3 is 0 Å². The standard InChI is InChI=1S/C17H15ClN4O2/c18-16-11-6-19-22(15-12-8-24-9-13(12)15)17(23)14(11)20-21(16)7-10-4-2-1-3-5-10/h1-6,12-13,15H,7-9H2/t12-,13+,15+. The van der Waals surface area contributed by atoms with E-state index in [1.54, 1.807) is 15.6 Å². The van der Waals surface area contributed by atoms with Crippen molar-refractivity contribution in [2.75, 3.05) is 13.2 Å². The number of aromatic nitrogens is 4. The van der Waals surface area contributed by atoms with Crippen LogP contribution in [0.1, 0.15) is 11.6 Å². The molecule has 0 spiro atoms. The number of rotatable bonds is 3. The van der Waals surface area contributed by atoms with Crippen LogP contribution in [-0.4, -0.2) is 32.8 Å². The Morgan fingerprint density at radius 1 is 1.21 bits per heavy atom. The lowest BCUT2D eigenvalue weighted by Gasteiger charge is -2.06. The van der Waals surface area contributed by atoms with Crippen LogP contribution >= 0.6 is 11.6 Å². The predicted octanol–water partition coefficient (Wildman–Crippen LogP) is 2.11. The summed E-state index contributed by atoms with van der Waals surface area (Å²) < 4.78 is 8.62. The van der Waals surface area contributed by atoms with Crippen LogP contribution in [0, 0.1) is 11.8 Å². The Kier molecular flexibility index (Phi) is 3.05. The molecule has 2 aromatic heterocycles. The summed E-state index contributed by atoms with van der Waals surface area (Å²) in [5, 5.41) is 9.85. The first-order valence-corrected chi connectivity index (χ1v) is 8.37. The van der Waals surface area contributed by atoms with Gasteiger partial charge in [0.1, 0.15) is 5.15 Å². The summed E-state index contributed by atoms with van der Waals surface area (Å²) in [4.78, 5) is 12.8. The molecular formula is C17H15ClN4O2. The van der Waals surface area contributed by atoms with E-state index in [4.69, 9.17) is 16.3 Å². The van der Waals surface area contributed by atoms with Gasteiger partial charge in [0.15, 0.2) is 5.52 Å². The molecule has 3 atom stereocenters. The molecule has 0 N–H and O–H groups in total. The van der Waals surface area contributed by atoms with E-state index >= 15 is 0 Å². The van der Waals surface area contributed by atoms with E-state index in [1.165, 1.54) is 0 Å². The zero-order valence-corrected chi connectivity index (χ0v) is 13.6. The quantitative estimate of drug-likeness (QED) is 0.731. The summed E-state index contributed by atoms with van der Waals surface area (Å²) in [5.74, 6) is 0.823. The average molecular weight is 343 g/mol. The molecule has 2 aliphatic rings. The summed E-state index contributed by atoms with van der Waals surface area (Å²) in [6, 6.07) is 10.1. The van der Waals surface area contributed by atoms with Crippen molar-refractivity contribution in [2.45, 2.75) is 12.6 Å². The third-order valence-electron chi connectivity index (χ3n) is 5.01. The molecule has 1 aliphatic carbocycles. The van der Waals surface area contributed by atoms with Gasteiger partial charge in [-0.2, -0.15) is 10.2 Å². The molecule has 0 unspecified atom stereocenters. The van der Waals surface area contributed by atoms with Crippen LogP contribution < -0.4 is 5.56 Å². The number of ether oxygens (including phenoxy) is 1. The molecule has 0 radical (unpaired) electrons. The highest BCUT2D eigenvalue weighted by atomic mass is 35.5. The first-order valence-electron chi connectivity index (χ1n) is 7.99. The molecule has 5 rings (SSSR count). The molecule has 0 bridgehead atoms. The molecule has 122 valence electrons. The first-order chi connectivity index (χ1) is 11.7. The van der Waals surface area contributed by atoms with Gasteiger partial charge in [-0.3, -0.25) is 4.79 Å². The number of benzene rings is 1. The van der Waals surface area contributed by atoms with Crippen molar-refractivity contribution in [1.82, 2.24) is 19.6 Å². The zero-order valence-electron chi connectivity index (χ0n) is 12.8. The van der Waals surface area contributed by atoms with Crippen molar-refractivity contribution in [3.8, 4) is 0 Å². The summed E-state index contributed by atoms with van der Waals surface area (Å²) in [5.41, 5.74) is 1.30. The second kappa shape index (κ2) is 5.16. The van der Waals surface area contributed by atoms with E-state index in [-0.39, 0.29) is 11.6 Å². The van der Waals surface area contributed by atoms with Crippen LogP contribution in [0.25, 0.3) is 10.9 Å². The van der Waals surface area contributed by atoms with Crippen molar-refractivity contribution in [1.29, 1.82) is 0 Å². The maximum absolute atomic E-state index is 12.8. The highest BCUT2D eigenvalue weighted by Crippen LogP contribution is 2.53. The van der Waals surface area contributed by atoms with Gasteiger partial charge in [0.2, 0.25) is 0 Å². The topological polar surface area (TPSA) is 61.9 Å². The van der Waals surface area contributed by atoms with Crippen LogP contribution in [-0.2, 0) is 11.3 Å². The van der Waals surface area contributed by atoms with Crippen molar-refractivity contribution in [2.24, 2.45) is 11.8 Å². The Balaban J connectivity index is 1.56. The number of halogens is 1. The summed E-state index contributed by atoms with van der Waals surface area (Å²) in [6.45, 7) is 1.95. The molecule has 1 aromatic carbocycles. The van der Waals surface area contributed by atoms with E-state index in [0.29, 0.717) is 47.7 Å². The Hall–Kier alpha value is -2.18. The van der Waals surface area contributed by atoms with Gasteiger partial charge in [-0.05, 0) is 5.56 Å². The molecule has 6 nitrogen and oxygen atoms in total. The Bertz CT molecular complexity index is 971. The highest BCUT2D eigenvalue weighted by molar-refractivity contribution is 6.34. The smallest absolute Gasteiger partial charge is 0.295 e. The van der Waals surface area contributed by atoms with Gasteiger partial charge in [0.25, 0.3) is 5.56 Å². The Morgan fingerprint density at radius 2 is 1.96 bits per heavy atom. The fourth-order valence-electron chi connectivity index (χ4n) is 3.65. The second-order valence-electron chi connectivity index (χ2n) is 6.45. The van der Waals surface area contributed by atoms with Crippen molar-refractivity contribution in [3.63, 3.8) is 0 Å². The minimum Gasteiger partial charge on any atom is -0.381 e. The Morgan fingerprint density at radius 3 is 2.71 bits per heavy atom. The van der Waals surface area contributed by atoms with Crippen molar-refractivity contribution in [3.05, 3.63) is 57.6 Å². The van der Waals surface area contributed by atoms with Crippen LogP contribution in [0.2, 0.25) is 5.15 Å². The molecule has 3 aromatic rings. The number of hydrogen-bond donors (Lipinski definition) is 0. The molecule has 3 heterocycles. The van der Waals surface area contributed by atoms with Gasteiger partial charge in [-0.25, -0.2) is 9.36 Å². The van der Waals surface area contributed by atoms with E-state index in [1.807, 2.05) is 30.3 Å². The number of nitrogens with zero attached hydrogens (tertiary/aromatic N) is 4. The van der Waals surface area contributed by atoms with Crippen LogP contribution in [0.5, 0.6) is 0 Å². The molecule has 7 heteroatoms. The van der Waals surface area contributed by atoms with E-state index in [9.17, 15) is 4.79 Å². The maximum atomic E-state index is 12.8. The van der Waals surface area contributed by atoms with Gasteiger partial charge < -0.3 is 4.74 Å². The lowest BCUT2D eigenvalue weighted by molar-refractivity contribution is 0.149. The van der Waals surface area contributed by atoms with Crippen LogP contribution in [0.4, 0.5) is 0 Å². The van der Waals surface area contributed by atoms with Crippen molar-refractivity contribution < 1.29 is 4.74 Å². The molecule has 1 aliphatic heterocycles. The molecule has 1 saturated heterocycles. The normalized spacial score (nSPS) is 25.1. The highest BCUT2D eigenvalue weighted by Gasteiger charge is 2.56. The summed E-state index contributed by atoms with van der Waals surface area (Å²) in [6.07, 6.45) is 1.66. The molecular weight excluding hydrogens is 328 g/mol. The van der Waals surface area contributed by atoms with E-state index < -0.39 is 0 Å². The fraction of sp³-hybridized carbons (Fsp3) is 0.353. The number of fused-ring (bicyclic) bond motifs is 2. The van der Waals surface area contributed by atoms with Gasteiger partial charge in [-0.1, -0.05) is 41.9 Å². The van der Waals surface area contributed by atoms with E-state index in [2.05, 4.69) is 10.2 Å². The van der Waals surface area contributed by atoms with Gasteiger partial charge in [-0.15, -0.1) is 0 Å². The van der Waals surface area contributed by atoms with Gasteiger partial charge in [0.05, 0.1) is 37.4 Å². The third kappa shape index (κ3) is 2.03. The minimum absolute atomic E-state index is 0.147. The monoisotopic (exact) mass is 342 g/mol. The first kappa shape index (κ1) is 14.2. The third-order valence-corrected chi connectivity index (χ3v) is 5.41. The van der Waals surface area contributed by atoms with Crippen LogP contribution in [0.3, 0.4) is 0 Å². The molecule has 0 amide bonds. The predicted molar refractivity (Wildman–Crippen MR) is 89.2 cm³/mol. The second-order valence-corrected chi connectivity index (χ2v) is 6.80. The SMILES string of the molecule is O=c1c2nn(Cc3ccccc3)c(Cl)c2cnn1[C@H]1[C@@H]2COC[C@@H]21. The average Bonchev–Trinajstić information content (AvgIpc) is 2.92. The Labute approximate surface area is 142 Å². The molecule has 2 fully saturated rings. The van der Waals surface area contributed by atoms with Gasteiger partial charge in [0, 0.05) is 11.8 Å². The summed E-state index contributed by atoms with van der Waals surface area (Å²) >= 11 is 6.41. The fourth-order valence-corrected chi connectivity index (χ4v) is 3.89.